The van der Waals surface area contributed by atoms with Gasteiger partial charge in [0.15, 0.2) is 0 Å². The fraction of sp³-hybridized carbons (Fsp3) is 0.583. The summed E-state index contributed by atoms with van der Waals surface area (Å²) in [6.45, 7) is 2.08. The van der Waals surface area contributed by atoms with Crippen LogP contribution in [-0.4, -0.2) is 293 Å². The van der Waals surface area contributed by atoms with Crippen molar-refractivity contribution in [3.8, 4) is 11.8 Å². The maximum absolute atomic E-state index is 13.9. The molecule has 91 heavy (non-hydrogen) atoms. The second-order valence-electron chi connectivity index (χ2n) is 22.6. The van der Waals surface area contributed by atoms with Crippen LogP contribution < -0.4 is 26.0 Å². The van der Waals surface area contributed by atoms with Crippen molar-refractivity contribution in [2.24, 2.45) is 0 Å². The van der Waals surface area contributed by atoms with E-state index in [1.165, 1.54) is 24.0 Å². The monoisotopic (exact) mass is 1410 g/mol. The molecular formula is C60H82F2IN13O14S. The lowest BCUT2D eigenvalue weighted by molar-refractivity contribution is -0.141. The number of carbonyl (C=O) groups is 9. The van der Waals surface area contributed by atoms with Gasteiger partial charge in [0, 0.05) is 138 Å². The molecule has 0 aliphatic carbocycles. The first-order valence-corrected chi connectivity index (χ1v) is 32.5. The molecule has 0 spiro atoms. The van der Waals surface area contributed by atoms with E-state index >= 15 is 0 Å². The molecule has 31 heteroatoms. The molecule has 6 rings (SSSR count). The maximum Gasteiger partial charge on any atom is 0.317 e. The van der Waals surface area contributed by atoms with Crippen LogP contribution in [0.1, 0.15) is 54.4 Å². The number of rotatable bonds is 32. The minimum atomic E-state index is -3.19. The third-order valence-corrected chi connectivity index (χ3v) is 17.3. The van der Waals surface area contributed by atoms with Crippen LogP contribution in [0, 0.1) is 14.9 Å². The molecule has 6 amide bonds. The molecule has 8 N–H and O–H groups in total. The van der Waals surface area contributed by atoms with E-state index in [-0.39, 0.29) is 115 Å². The molecule has 498 valence electrons. The number of piperazine rings is 1. The molecule has 3 fully saturated rings. The quantitative estimate of drug-likeness (QED) is 0.0308. The number of aromatic nitrogens is 1. The van der Waals surface area contributed by atoms with Crippen molar-refractivity contribution in [3.63, 3.8) is 0 Å². The van der Waals surface area contributed by atoms with Crippen molar-refractivity contribution in [3.05, 3.63) is 69.4 Å². The number of aliphatic hydroxyl groups excluding tert-OH is 1. The van der Waals surface area contributed by atoms with E-state index in [9.17, 15) is 77.6 Å². The molecule has 3 aliphatic rings. The van der Waals surface area contributed by atoms with Crippen molar-refractivity contribution in [2.45, 2.75) is 69.1 Å². The number of fused-ring (bicyclic) bond motifs is 1. The zero-order valence-corrected chi connectivity index (χ0v) is 53.8. The van der Waals surface area contributed by atoms with Crippen LogP contribution in [0.5, 0.6) is 5.75 Å². The van der Waals surface area contributed by atoms with Crippen LogP contribution in [0.15, 0.2) is 54.7 Å². The fourth-order valence-corrected chi connectivity index (χ4v) is 11.8. The van der Waals surface area contributed by atoms with E-state index in [4.69, 9.17) is 4.74 Å². The van der Waals surface area contributed by atoms with Gasteiger partial charge in [0.2, 0.25) is 23.6 Å². The number of hydrogen-bond donors (Lipinski definition) is 8. The van der Waals surface area contributed by atoms with Crippen LogP contribution >= 0.6 is 34.4 Å². The van der Waals surface area contributed by atoms with Gasteiger partial charge >= 0.3 is 17.9 Å². The van der Waals surface area contributed by atoms with Gasteiger partial charge in [-0.1, -0.05) is 12.1 Å². The first-order valence-electron chi connectivity index (χ1n) is 30.3. The van der Waals surface area contributed by atoms with Gasteiger partial charge in [0.05, 0.1) is 63.0 Å². The highest BCUT2D eigenvalue weighted by molar-refractivity contribution is 14.1. The predicted octanol–water partition coefficient (Wildman–Crippen LogP) is 0.332. The Morgan fingerprint density at radius 1 is 0.736 bits per heavy atom. The normalized spacial score (nSPS) is 18.0. The number of thioether (sulfide) groups is 1. The van der Waals surface area contributed by atoms with Crippen LogP contribution in [0.4, 0.5) is 8.78 Å². The van der Waals surface area contributed by atoms with Gasteiger partial charge in [-0.3, -0.25) is 72.6 Å². The summed E-state index contributed by atoms with van der Waals surface area (Å²) in [5.41, 5.74) is 1.79. The number of aliphatic hydroxyl groups is 1. The summed E-state index contributed by atoms with van der Waals surface area (Å²) in [6.07, 6.45) is 2.14. The number of pyridine rings is 1. The van der Waals surface area contributed by atoms with Gasteiger partial charge < -0.3 is 56.2 Å². The van der Waals surface area contributed by atoms with Gasteiger partial charge in [-0.25, -0.2) is 8.78 Å². The molecule has 3 atom stereocenters. The second kappa shape index (κ2) is 37.5. The molecule has 3 saturated heterocycles. The second-order valence-corrected chi connectivity index (χ2v) is 25.0. The summed E-state index contributed by atoms with van der Waals surface area (Å²) < 4.78 is 34.9. The highest BCUT2D eigenvalue weighted by Gasteiger charge is 2.47. The van der Waals surface area contributed by atoms with E-state index in [0.29, 0.717) is 87.4 Å². The SMILES string of the molecule is N#C[C@H]1CC(F)(F)CN1C(=O)CNC(=O)c1ccnc2ccc(OCCCN3CCN(C(=O)[C@H](O)CSCCNC(=O)[C@H](CCCNC(=O)CCCc4ccc(I)cc4)NC(=O)CN4CCN(CC(=O)O)CCN(CC(=O)O)CCN(CC(=O)O)CC4)CC3)cc12. The van der Waals surface area contributed by atoms with Crippen molar-refractivity contribution in [2.75, 3.05) is 156 Å². The summed E-state index contributed by atoms with van der Waals surface area (Å²) in [5, 5.41) is 60.5. The Labute approximate surface area is 544 Å². The molecule has 2 aromatic carbocycles. The highest BCUT2D eigenvalue weighted by atomic mass is 127. The lowest BCUT2D eigenvalue weighted by Crippen LogP contribution is -2.52. The Hall–Kier alpha value is -6.93. The Balaban J connectivity index is 0.936. The fourth-order valence-electron chi connectivity index (χ4n) is 10.7. The summed E-state index contributed by atoms with van der Waals surface area (Å²) in [6, 6.07) is 14.0. The Bertz CT molecular complexity index is 2970. The molecule has 0 unspecified atom stereocenters. The van der Waals surface area contributed by atoms with Gasteiger partial charge in [-0.15, -0.1) is 0 Å². The Kier molecular flexibility index (Phi) is 30.2. The van der Waals surface area contributed by atoms with E-state index in [2.05, 4.69) is 53.7 Å². The van der Waals surface area contributed by atoms with Crippen molar-refractivity contribution >= 4 is 98.6 Å². The summed E-state index contributed by atoms with van der Waals surface area (Å²) >= 11 is 3.49. The minimum Gasteiger partial charge on any atom is -0.494 e. The topological polar surface area (TPSA) is 351 Å². The minimum absolute atomic E-state index is 0.0595. The standard InChI is InChI=1S/C60H82F2IN13O14S/c61-60(62)33-44(34-64)76(41-60)53(80)35-68-57(87)46-13-15-65-48-12-11-45(32-47(46)48)90-30-3-17-70-26-28-75(29-27-70)59(89)50(77)40-91-31-16-67-58(88)49(5-2-14-66-51(78)6-1-4-42-7-9-43(63)10-8-42)69-52(79)36-71-18-20-72(37-54(81)82)22-24-74(39-56(85)86)25-23-73(21-19-71)38-55(83)84/h7-13,15,32,44,49-50,77H,1-6,14,16-31,33,35-41H2,(H,66,78)(H,67,88)(H,68,87)(H,69,79)(H,81,82)(H,83,84)(H,85,86)/t44-,49+,50-/m1/s1. The molecule has 0 saturated carbocycles. The maximum atomic E-state index is 13.9. The van der Waals surface area contributed by atoms with Gasteiger partial charge in [-0.05, 0) is 96.7 Å². The van der Waals surface area contributed by atoms with E-state index < -0.39 is 91.1 Å². The lowest BCUT2D eigenvalue weighted by Gasteiger charge is -2.35. The molecule has 1 aromatic heterocycles. The van der Waals surface area contributed by atoms with Crippen LogP contribution in [0.3, 0.4) is 0 Å². The van der Waals surface area contributed by atoms with E-state index in [0.717, 1.165) is 20.5 Å². The van der Waals surface area contributed by atoms with Crippen molar-refractivity contribution in [1.82, 2.24) is 60.6 Å². The average Bonchev–Trinajstić information content (AvgIpc) is 1.97. The number of carbonyl (C=O) groups excluding carboxylic acids is 6. The zero-order chi connectivity index (χ0) is 65.9. The Morgan fingerprint density at radius 2 is 1.34 bits per heavy atom. The number of aryl methyl sites for hydroxylation is 1. The lowest BCUT2D eigenvalue weighted by atomic mass is 10.1. The smallest absolute Gasteiger partial charge is 0.317 e. The zero-order valence-electron chi connectivity index (χ0n) is 50.8. The molecule has 27 nitrogen and oxygen atoms in total. The molecule has 0 radical (unpaired) electrons. The number of nitrogens with zero attached hydrogens (tertiary/aromatic N) is 9. The van der Waals surface area contributed by atoms with Gasteiger partial charge in [-0.2, -0.15) is 17.0 Å². The number of benzene rings is 2. The number of carboxylic acids is 3. The number of ether oxygens (including phenoxy) is 1. The predicted molar refractivity (Wildman–Crippen MR) is 339 cm³/mol. The number of halogens is 3. The largest absolute Gasteiger partial charge is 0.494 e. The number of carboxylic acid groups (broad SMARTS) is 3. The van der Waals surface area contributed by atoms with Gasteiger partial charge in [0.1, 0.15) is 23.9 Å². The number of amides is 6. The van der Waals surface area contributed by atoms with E-state index in [1.54, 1.807) is 48.8 Å². The van der Waals surface area contributed by atoms with Gasteiger partial charge in [0.25, 0.3) is 17.7 Å². The number of hydrogen-bond acceptors (Lipinski definition) is 19. The van der Waals surface area contributed by atoms with Crippen molar-refractivity contribution < 1.29 is 77.1 Å². The molecule has 0 bridgehead atoms. The number of likely N-dealkylation sites (tertiary alicyclic amines) is 1. The number of aliphatic carboxylic acids is 3. The number of nitrogens with one attached hydrogen (secondary N) is 4. The first kappa shape index (κ1) is 73.1. The third kappa shape index (κ3) is 25.9. The summed E-state index contributed by atoms with van der Waals surface area (Å²) in [7, 11) is 0. The van der Waals surface area contributed by atoms with Crippen molar-refractivity contribution in [1.29, 1.82) is 5.26 Å². The Morgan fingerprint density at radius 3 is 1.95 bits per heavy atom. The van der Waals surface area contributed by atoms with Crippen LogP contribution in [0.25, 0.3) is 10.9 Å². The molecule has 3 aliphatic heterocycles. The molecule has 3 aromatic rings. The first-order chi connectivity index (χ1) is 43.5. The van der Waals surface area contributed by atoms with Crippen LogP contribution in [-0.2, 0) is 44.8 Å². The third-order valence-electron chi connectivity index (χ3n) is 15.6. The highest BCUT2D eigenvalue weighted by Crippen LogP contribution is 2.32. The summed E-state index contributed by atoms with van der Waals surface area (Å²) in [4.78, 5) is 130. The average molecular weight is 1410 g/mol. The van der Waals surface area contributed by atoms with Crippen LogP contribution in [0.2, 0.25) is 0 Å². The molecular weight excluding hydrogens is 1320 g/mol. The number of nitriles is 1. The molecule has 4 heterocycles. The van der Waals surface area contributed by atoms with E-state index in [1.807, 2.05) is 24.3 Å². The summed E-state index contributed by atoms with van der Waals surface area (Å²) in [5.74, 6) is -8.63. The number of alkyl halides is 2.